The summed E-state index contributed by atoms with van der Waals surface area (Å²) in [4.78, 5) is 27.6. The van der Waals surface area contributed by atoms with E-state index in [1.165, 1.54) is 0 Å². The fraction of sp³-hybridized carbons (Fsp3) is 0.667. The van der Waals surface area contributed by atoms with E-state index in [9.17, 15) is 9.59 Å². The first kappa shape index (κ1) is 29.0. The molecule has 1 aromatic heterocycles. The zero-order valence-corrected chi connectivity index (χ0v) is 25.4. The van der Waals surface area contributed by atoms with E-state index in [1.807, 2.05) is 16.7 Å². The van der Waals surface area contributed by atoms with Gasteiger partial charge in [-0.25, -0.2) is 0 Å². The zero-order chi connectivity index (χ0) is 25.5. The Kier molecular flexibility index (Phi) is 10.8. The molecule has 0 unspecified atom stereocenters. The van der Waals surface area contributed by atoms with Crippen LogP contribution < -0.4 is 0 Å². The van der Waals surface area contributed by atoms with Gasteiger partial charge in [-0.2, -0.15) is 0 Å². The molecular weight excluding hydrogens is 532 g/mol. The number of esters is 1. The van der Waals surface area contributed by atoms with Crippen LogP contribution in [0.5, 0.6) is 0 Å². The molecule has 0 aromatic carbocycles. The average Bonchev–Trinajstić information content (AvgIpc) is 2.97. The van der Waals surface area contributed by atoms with Crippen LogP contribution in [0, 0.1) is 0 Å². The first-order valence-electron chi connectivity index (χ1n) is 12.0. The van der Waals surface area contributed by atoms with Crippen LogP contribution in [0.4, 0.5) is 0 Å². The summed E-state index contributed by atoms with van der Waals surface area (Å²) in [5.41, 5.74) is 2.04. The second-order valence-corrected chi connectivity index (χ2v) is 23.1. The quantitative estimate of drug-likeness (QED) is 0.173. The highest BCUT2D eigenvalue weighted by Crippen LogP contribution is 2.32. The minimum Gasteiger partial charge on any atom is -0.466 e. The van der Waals surface area contributed by atoms with E-state index in [1.54, 1.807) is 11.8 Å². The number of halogens is 1. The fourth-order valence-electron chi connectivity index (χ4n) is 3.42. The number of hydrogen-bond donors (Lipinski definition) is 0. The van der Waals surface area contributed by atoms with Gasteiger partial charge in [-0.1, -0.05) is 45.4 Å². The number of amides is 1. The van der Waals surface area contributed by atoms with Crippen LogP contribution in [0.3, 0.4) is 0 Å². The average molecular weight is 574 g/mol. The molecule has 1 aliphatic rings. The van der Waals surface area contributed by atoms with Gasteiger partial charge in [0.05, 0.1) is 17.6 Å². The van der Waals surface area contributed by atoms with Gasteiger partial charge in [0.2, 0.25) is 0 Å². The summed E-state index contributed by atoms with van der Waals surface area (Å²) in [5.74, 6) is -0.431. The molecule has 7 nitrogen and oxygen atoms in total. The summed E-state index contributed by atoms with van der Waals surface area (Å²) in [6.45, 7) is 18.1. The number of ether oxygens (including phenoxy) is 3. The molecule has 1 amide bonds. The van der Waals surface area contributed by atoms with Gasteiger partial charge < -0.3 is 23.7 Å². The Hall–Kier alpha value is -1.21. The molecule has 0 saturated carbocycles. The third-order valence-electron chi connectivity index (χ3n) is 5.54. The Morgan fingerprint density at radius 2 is 1.62 bits per heavy atom. The highest BCUT2D eigenvalue weighted by molar-refractivity contribution is 9.10. The third-order valence-corrected chi connectivity index (χ3v) is 9.61. The number of hydrogen-bond acceptors (Lipinski definition) is 5. The van der Waals surface area contributed by atoms with E-state index in [4.69, 9.17) is 14.2 Å². The van der Waals surface area contributed by atoms with Gasteiger partial charge in [-0.05, 0) is 46.6 Å². The summed E-state index contributed by atoms with van der Waals surface area (Å²) in [5, 5.41) is 0. The zero-order valence-electron chi connectivity index (χ0n) is 21.8. The molecule has 2 heterocycles. The maximum atomic E-state index is 13.6. The molecular formula is C24H41BrN2O5Si2. The van der Waals surface area contributed by atoms with Gasteiger partial charge in [0, 0.05) is 41.5 Å². The minimum atomic E-state index is -1.22. The van der Waals surface area contributed by atoms with Crippen molar-refractivity contribution < 1.29 is 23.8 Å². The number of carbonyl (C=O) groups is 2. The second kappa shape index (κ2) is 12.7. The van der Waals surface area contributed by atoms with Crippen LogP contribution in [-0.2, 0) is 25.7 Å². The Bertz CT molecular complexity index is 887. The fourth-order valence-corrected chi connectivity index (χ4v) is 5.44. The second-order valence-electron chi connectivity index (χ2n) is 11.1. The highest BCUT2D eigenvalue weighted by Gasteiger charge is 2.30. The number of aromatic nitrogens is 1. The van der Waals surface area contributed by atoms with E-state index in [0.29, 0.717) is 32.1 Å². The van der Waals surface area contributed by atoms with Gasteiger partial charge in [0.25, 0.3) is 5.91 Å². The van der Waals surface area contributed by atoms with Crippen LogP contribution >= 0.6 is 15.9 Å². The SMILES string of the molecule is CCOC(=O)CC1=CCN(COCC[Si](C)(C)C)C(=O)c2c1cc(Br)n2COCC[Si](C)(C)C. The number of fused-ring (bicyclic) bond motifs is 1. The Morgan fingerprint density at radius 1 is 1.03 bits per heavy atom. The Balaban J connectivity index is 2.26. The largest absolute Gasteiger partial charge is 0.466 e. The van der Waals surface area contributed by atoms with Gasteiger partial charge in [-0.15, -0.1) is 0 Å². The number of rotatable bonds is 13. The Morgan fingerprint density at radius 3 is 2.18 bits per heavy atom. The monoisotopic (exact) mass is 572 g/mol. The summed E-state index contributed by atoms with van der Waals surface area (Å²) in [7, 11) is -2.44. The van der Waals surface area contributed by atoms with Crippen molar-refractivity contribution >= 4 is 49.5 Å². The number of nitrogens with zero attached hydrogens (tertiary/aromatic N) is 2. The van der Waals surface area contributed by atoms with Crippen LogP contribution in [0.15, 0.2) is 16.7 Å². The van der Waals surface area contributed by atoms with Crippen LogP contribution in [0.1, 0.15) is 29.4 Å². The van der Waals surface area contributed by atoms with Gasteiger partial charge in [0.1, 0.15) is 19.2 Å². The van der Waals surface area contributed by atoms with E-state index in [2.05, 4.69) is 55.2 Å². The normalized spacial score (nSPS) is 14.6. The molecule has 0 aliphatic carbocycles. The van der Waals surface area contributed by atoms with Gasteiger partial charge >= 0.3 is 5.97 Å². The first-order chi connectivity index (χ1) is 15.8. The molecule has 10 heteroatoms. The van der Waals surface area contributed by atoms with Crippen molar-refractivity contribution in [3.63, 3.8) is 0 Å². The lowest BCUT2D eigenvalue weighted by atomic mass is 10.0. The number of carbonyl (C=O) groups excluding carboxylic acids is 2. The van der Waals surface area contributed by atoms with E-state index >= 15 is 0 Å². The third kappa shape index (κ3) is 9.10. The summed E-state index contributed by atoms with van der Waals surface area (Å²) in [6, 6.07) is 3.99. The molecule has 0 fully saturated rings. The lowest BCUT2D eigenvalue weighted by molar-refractivity contribution is -0.141. The molecule has 34 heavy (non-hydrogen) atoms. The van der Waals surface area contributed by atoms with Crippen LogP contribution in [0.2, 0.25) is 51.4 Å². The predicted molar refractivity (Wildman–Crippen MR) is 145 cm³/mol. The van der Waals surface area contributed by atoms with Crippen LogP contribution in [-0.4, -0.2) is 70.6 Å². The van der Waals surface area contributed by atoms with Crippen molar-refractivity contribution in [3.8, 4) is 0 Å². The maximum Gasteiger partial charge on any atom is 0.310 e. The smallest absolute Gasteiger partial charge is 0.310 e. The molecule has 0 atom stereocenters. The lowest BCUT2D eigenvalue weighted by Gasteiger charge is -2.23. The molecule has 1 aliphatic heterocycles. The summed E-state index contributed by atoms with van der Waals surface area (Å²) in [6.07, 6.45) is 2.05. The van der Waals surface area contributed by atoms with Crippen molar-refractivity contribution in [1.82, 2.24) is 9.47 Å². The Labute approximate surface area is 215 Å². The molecule has 2 rings (SSSR count). The minimum absolute atomic E-state index is 0.116. The van der Waals surface area contributed by atoms with Crippen molar-refractivity contribution in [2.24, 2.45) is 0 Å². The van der Waals surface area contributed by atoms with Gasteiger partial charge in [-0.3, -0.25) is 9.59 Å². The van der Waals surface area contributed by atoms with Crippen molar-refractivity contribution in [2.75, 3.05) is 33.1 Å². The topological polar surface area (TPSA) is 70.0 Å². The highest BCUT2D eigenvalue weighted by atomic mass is 79.9. The molecule has 0 saturated heterocycles. The lowest BCUT2D eigenvalue weighted by Crippen LogP contribution is -2.35. The predicted octanol–water partition coefficient (Wildman–Crippen LogP) is 5.67. The van der Waals surface area contributed by atoms with Crippen molar-refractivity contribution in [1.29, 1.82) is 0 Å². The van der Waals surface area contributed by atoms with E-state index in [-0.39, 0.29) is 31.8 Å². The van der Waals surface area contributed by atoms with Crippen molar-refractivity contribution in [3.05, 3.63) is 28.0 Å². The molecule has 0 spiro atoms. The van der Waals surface area contributed by atoms with Crippen molar-refractivity contribution in [2.45, 2.75) is 71.4 Å². The molecule has 0 N–H and O–H groups in total. The maximum absolute atomic E-state index is 13.6. The molecule has 0 bridgehead atoms. The van der Waals surface area contributed by atoms with E-state index in [0.717, 1.165) is 27.8 Å². The molecule has 192 valence electrons. The summed E-state index contributed by atoms with van der Waals surface area (Å²) >= 11 is 3.60. The van der Waals surface area contributed by atoms with Gasteiger partial charge in [0.15, 0.2) is 0 Å². The van der Waals surface area contributed by atoms with Crippen LogP contribution in [0.25, 0.3) is 5.57 Å². The first-order valence-corrected chi connectivity index (χ1v) is 20.2. The standard InChI is InChI=1S/C24H41BrN2O5Si2/c1-8-32-22(28)15-19-9-10-26(17-30-11-13-33(2,3)4)24(29)23-20(19)16-21(25)27(23)18-31-12-14-34(5,6)7/h9,16H,8,10-15,17-18H2,1-7H3. The summed E-state index contributed by atoms with van der Waals surface area (Å²) < 4.78 is 19.6. The van der Waals surface area contributed by atoms with E-state index < -0.39 is 16.1 Å². The molecule has 1 aromatic rings. The molecule has 0 radical (unpaired) electrons.